The lowest BCUT2D eigenvalue weighted by Crippen LogP contribution is -2.60. The number of hydrogen-bond acceptors (Lipinski definition) is 8. The van der Waals surface area contributed by atoms with E-state index < -0.39 is 84.3 Å². The van der Waals surface area contributed by atoms with E-state index in [0.29, 0.717) is 25.7 Å². The van der Waals surface area contributed by atoms with E-state index in [1.54, 1.807) is 6.08 Å². The molecule has 0 saturated carbocycles. The average Bonchev–Trinajstić information content (AvgIpc) is 3.78. The lowest BCUT2D eigenvalue weighted by Gasteiger charge is -2.34. The Labute approximate surface area is 305 Å². The second-order valence-electron chi connectivity index (χ2n) is 13.9. The van der Waals surface area contributed by atoms with Crippen LogP contribution in [0.4, 0.5) is 0 Å². The third-order valence-electron chi connectivity index (χ3n) is 9.85. The molecule has 0 unspecified atom stereocenters. The number of nitrogens with one attached hydrogen (secondary N) is 3. The van der Waals surface area contributed by atoms with Crippen LogP contribution in [0.1, 0.15) is 65.4 Å². The van der Waals surface area contributed by atoms with Crippen molar-refractivity contribution in [2.45, 2.75) is 102 Å². The summed E-state index contributed by atoms with van der Waals surface area (Å²) in [5, 5.41) is 8.13. The number of cyclic esters (lactones) is 1. The molecule has 3 aliphatic rings. The van der Waals surface area contributed by atoms with Gasteiger partial charge in [0.1, 0.15) is 42.9 Å². The van der Waals surface area contributed by atoms with Crippen molar-refractivity contribution < 1.29 is 38.3 Å². The van der Waals surface area contributed by atoms with E-state index in [0.717, 1.165) is 12.0 Å². The lowest BCUT2D eigenvalue weighted by molar-refractivity contribution is -0.158. The van der Waals surface area contributed by atoms with Crippen LogP contribution in [0.3, 0.4) is 0 Å². The van der Waals surface area contributed by atoms with Gasteiger partial charge in [-0.2, -0.15) is 0 Å². The van der Waals surface area contributed by atoms with E-state index in [1.807, 2.05) is 56.3 Å². The fourth-order valence-corrected chi connectivity index (χ4v) is 6.78. The van der Waals surface area contributed by atoms with Crippen molar-refractivity contribution in [3.8, 4) is 0 Å². The highest BCUT2D eigenvalue weighted by atomic mass is 16.5. The smallest absolute Gasteiger partial charge is 0.328 e. The molecule has 3 N–H and O–H groups in total. The SMILES string of the molecule is C/C=C/CC/C=C/C(=O)N[C@@H](Cc1ccccc1)C(=O)N[C@H]1COC(=O)[C@@H]2C[C@@H](C)CN2C(=O)[C@H](C)NC(=O)[C@H](C)N(C)C(=O)[C@@H]2CCCN2C1=O. The standard InChI is InChI=1S/C38H52N6O8/c1-6-7-8-9-13-18-32(45)40-28(21-27-15-11-10-12-16-27)34(47)41-29-23-52-38(51)31-20-24(2)22-44(31)35(48)25(3)39-33(46)26(4)42(5)37(50)30-17-14-19-43(30)36(29)49/h6-7,10-13,15-16,18,24-26,28-31H,8-9,14,17,19-23H2,1-5H3,(H,39,46)(H,40,45)(H,41,47)/b7-6+,18-13+/t24-,25+,26+,28+,29+,30+,31+/m1/s1. The third kappa shape index (κ3) is 10.1. The molecule has 1 aromatic carbocycles. The van der Waals surface area contributed by atoms with Gasteiger partial charge in [0.25, 0.3) is 0 Å². The predicted molar refractivity (Wildman–Crippen MR) is 192 cm³/mol. The van der Waals surface area contributed by atoms with Crippen molar-refractivity contribution >= 4 is 41.4 Å². The molecule has 0 spiro atoms. The maximum Gasteiger partial charge on any atom is 0.328 e. The van der Waals surface area contributed by atoms with Gasteiger partial charge in [-0.25, -0.2) is 4.79 Å². The van der Waals surface area contributed by atoms with Gasteiger partial charge in [0, 0.05) is 26.6 Å². The number of nitrogens with zero attached hydrogens (tertiary/aromatic N) is 3. The first-order chi connectivity index (χ1) is 24.8. The van der Waals surface area contributed by atoms with Crippen LogP contribution in [-0.2, 0) is 44.7 Å². The normalized spacial score (nSPS) is 27.0. The largest absolute Gasteiger partial charge is 0.461 e. The zero-order valence-corrected chi connectivity index (χ0v) is 30.7. The summed E-state index contributed by atoms with van der Waals surface area (Å²) in [6, 6.07) is 2.69. The zero-order valence-electron chi connectivity index (χ0n) is 30.7. The summed E-state index contributed by atoms with van der Waals surface area (Å²) in [6.07, 6.45) is 9.58. The number of unbranched alkanes of at least 4 members (excludes halogenated alkanes) is 1. The zero-order chi connectivity index (χ0) is 37.9. The maximum absolute atomic E-state index is 14.3. The number of benzene rings is 1. The van der Waals surface area contributed by atoms with Crippen molar-refractivity contribution in [3.63, 3.8) is 0 Å². The minimum Gasteiger partial charge on any atom is -0.461 e. The van der Waals surface area contributed by atoms with Gasteiger partial charge in [-0.15, -0.1) is 0 Å². The highest BCUT2D eigenvalue weighted by Crippen LogP contribution is 2.26. The average molecular weight is 721 g/mol. The molecule has 0 bridgehead atoms. The molecule has 282 valence electrons. The Hall–Kier alpha value is -5.01. The number of rotatable bonds is 9. The summed E-state index contributed by atoms with van der Waals surface area (Å²) in [6.45, 7) is 6.75. The molecule has 14 nitrogen and oxygen atoms in total. The Morgan fingerprint density at radius 1 is 0.962 bits per heavy atom. The maximum atomic E-state index is 14.3. The van der Waals surface area contributed by atoms with E-state index in [4.69, 9.17) is 4.74 Å². The van der Waals surface area contributed by atoms with Crippen LogP contribution in [0.15, 0.2) is 54.6 Å². The first kappa shape index (κ1) is 39.8. The highest BCUT2D eigenvalue weighted by Gasteiger charge is 2.44. The first-order valence-corrected chi connectivity index (χ1v) is 18.1. The van der Waals surface area contributed by atoms with E-state index >= 15 is 0 Å². The third-order valence-corrected chi connectivity index (χ3v) is 9.85. The number of esters is 1. The Bertz CT molecular complexity index is 1550. The molecule has 1 aromatic rings. The quantitative estimate of drug-likeness (QED) is 0.148. The summed E-state index contributed by atoms with van der Waals surface area (Å²) in [4.78, 5) is 99.2. The molecule has 3 heterocycles. The van der Waals surface area contributed by atoms with Gasteiger partial charge in [0.2, 0.25) is 35.4 Å². The van der Waals surface area contributed by atoms with Crippen LogP contribution in [0, 0.1) is 5.92 Å². The molecular weight excluding hydrogens is 668 g/mol. The van der Waals surface area contributed by atoms with Crippen LogP contribution in [0.25, 0.3) is 0 Å². The Kier molecular flexibility index (Phi) is 14.1. The number of fused-ring (bicyclic) bond motifs is 2. The molecule has 3 aliphatic heterocycles. The number of carbonyl (C=O) groups excluding carboxylic acids is 7. The fraction of sp³-hybridized carbons (Fsp3) is 0.553. The lowest BCUT2D eigenvalue weighted by atomic mass is 10.0. The topological polar surface area (TPSA) is 175 Å². The first-order valence-electron chi connectivity index (χ1n) is 18.1. The van der Waals surface area contributed by atoms with Crippen LogP contribution in [0.2, 0.25) is 0 Å². The monoisotopic (exact) mass is 720 g/mol. The Balaban J connectivity index is 1.64. The molecule has 3 saturated heterocycles. The second-order valence-corrected chi connectivity index (χ2v) is 13.9. The van der Waals surface area contributed by atoms with Gasteiger partial charge in [0.15, 0.2) is 0 Å². The van der Waals surface area contributed by atoms with Gasteiger partial charge in [-0.05, 0) is 70.4 Å². The van der Waals surface area contributed by atoms with Crippen LogP contribution in [0.5, 0.6) is 0 Å². The molecular formula is C38H52N6O8. The molecule has 0 radical (unpaired) electrons. The molecule has 6 amide bonds. The second kappa shape index (κ2) is 18.5. The molecule has 14 heteroatoms. The Morgan fingerprint density at radius 2 is 1.67 bits per heavy atom. The van der Waals surface area contributed by atoms with E-state index in [9.17, 15) is 33.6 Å². The minimum atomic E-state index is -1.42. The molecule has 0 aromatic heterocycles. The van der Waals surface area contributed by atoms with Crippen LogP contribution >= 0.6 is 0 Å². The van der Waals surface area contributed by atoms with E-state index in [2.05, 4.69) is 16.0 Å². The van der Waals surface area contributed by atoms with Crippen LogP contribution < -0.4 is 16.0 Å². The van der Waals surface area contributed by atoms with Crippen molar-refractivity contribution in [2.75, 3.05) is 26.7 Å². The number of hydrogen-bond donors (Lipinski definition) is 3. The summed E-state index contributed by atoms with van der Waals surface area (Å²) >= 11 is 0. The fourth-order valence-electron chi connectivity index (χ4n) is 6.78. The summed E-state index contributed by atoms with van der Waals surface area (Å²) < 4.78 is 5.69. The number of allylic oxidation sites excluding steroid dienone is 3. The summed E-state index contributed by atoms with van der Waals surface area (Å²) in [5.41, 5.74) is 0.761. The van der Waals surface area contributed by atoms with E-state index in [1.165, 1.54) is 41.7 Å². The van der Waals surface area contributed by atoms with Gasteiger partial charge in [-0.3, -0.25) is 28.8 Å². The molecule has 0 aliphatic carbocycles. The molecule has 4 rings (SSSR count). The van der Waals surface area contributed by atoms with Gasteiger partial charge in [-0.1, -0.05) is 55.5 Å². The van der Waals surface area contributed by atoms with Crippen molar-refractivity contribution in [1.29, 1.82) is 0 Å². The van der Waals surface area contributed by atoms with E-state index in [-0.39, 0.29) is 25.4 Å². The van der Waals surface area contributed by atoms with Gasteiger partial charge >= 0.3 is 5.97 Å². The van der Waals surface area contributed by atoms with Crippen molar-refractivity contribution in [3.05, 3.63) is 60.2 Å². The van der Waals surface area contributed by atoms with Crippen molar-refractivity contribution in [2.24, 2.45) is 5.92 Å². The minimum absolute atomic E-state index is 0.0452. The summed E-state index contributed by atoms with van der Waals surface area (Å²) in [7, 11) is 1.47. The van der Waals surface area contributed by atoms with Crippen LogP contribution in [-0.4, -0.2) is 119 Å². The highest BCUT2D eigenvalue weighted by molar-refractivity contribution is 5.98. The Morgan fingerprint density at radius 3 is 2.38 bits per heavy atom. The molecule has 3 fully saturated rings. The molecule has 52 heavy (non-hydrogen) atoms. The number of carbonyl (C=O) groups is 7. The van der Waals surface area contributed by atoms with Gasteiger partial charge < -0.3 is 35.4 Å². The molecule has 7 atom stereocenters. The van der Waals surface area contributed by atoms with Gasteiger partial charge in [0.05, 0.1) is 0 Å². The number of ether oxygens (including phenoxy) is 1. The van der Waals surface area contributed by atoms with Crippen molar-refractivity contribution in [1.82, 2.24) is 30.7 Å². The number of amides is 6. The number of likely N-dealkylation sites (N-methyl/N-ethyl adjacent to an activating group) is 1. The predicted octanol–water partition coefficient (Wildman–Crippen LogP) is 1.25. The summed E-state index contributed by atoms with van der Waals surface area (Å²) in [5.74, 6) is -4.15.